The van der Waals surface area contributed by atoms with Crippen molar-refractivity contribution in [2.75, 3.05) is 6.54 Å². The van der Waals surface area contributed by atoms with Gasteiger partial charge in [-0.3, -0.25) is 4.79 Å². The molecule has 0 aromatic heterocycles. The molecule has 160 valence electrons. The highest BCUT2D eigenvalue weighted by atomic mass is 35.5. The van der Waals surface area contributed by atoms with Gasteiger partial charge in [0.1, 0.15) is 11.9 Å². The lowest BCUT2D eigenvalue weighted by Crippen LogP contribution is -2.51. The van der Waals surface area contributed by atoms with Crippen molar-refractivity contribution in [2.24, 2.45) is 28.9 Å². The number of nitrogens with two attached hydrogens (primary N) is 1. The quantitative estimate of drug-likeness (QED) is 0.681. The minimum absolute atomic E-state index is 0. The molecule has 0 heterocycles. The van der Waals surface area contributed by atoms with E-state index in [1.54, 1.807) is 12.1 Å². The molecule has 4 bridgehead atoms. The molecule has 6 rings (SSSR count). The molecule has 0 unspecified atom stereocenters. The summed E-state index contributed by atoms with van der Waals surface area (Å²) in [6, 6.07) is 5.65. The first-order valence-corrected chi connectivity index (χ1v) is 11.4. The van der Waals surface area contributed by atoms with Crippen LogP contribution in [0.2, 0.25) is 5.02 Å². The first kappa shape index (κ1) is 21.3. The van der Waals surface area contributed by atoms with E-state index >= 15 is 0 Å². The molecule has 5 saturated carbocycles. The minimum Gasteiger partial charge on any atom is -0.490 e. The van der Waals surface area contributed by atoms with Crippen LogP contribution in [-0.2, 0) is 0 Å². The number of rotatable bonds is 5. The van der Waals surface area contributed by atoms with Gasteiger partial charge in [-0.15, -0.1) is 12.4 Å². The lowest BCUT2D eigenvalue weighted by Gasteiger charge is -2.56. The number of amides is 1. The molecule has 0 spiro atoms. The maximum atomic E-state index is 12.8. The summed E-state index contributed by atoms with van der Waals surface area (Å²) >= 11 is 6.43. The van der Waals surface area contributed by atoms with E-state index in [2.05, 4.69) is 5.32 Å². The van der Waals surface area contributed by atoms with Crippen LogP contribution in [0.5, 0.6) is 5.75 Å². The second-order valence-electron chi connectivity index (χ2n) is 10.1. The molecule has 6 heteroatoms. The topological polar surface area (TPSA) is 64.3 Å². The van der Waals surface area contributed by atoms with Crippen LogP contribution in [0, 0.1) is 23.2 Å². The van der Waals surface area contributed by atoms with Crippen LogP contribution in [-0.4, -0.2) is 24.6 Å². The normalized spacial score (nSPS) is 37.2. The van der Waals surface area contributed by atoms with E-state index in [4.69, 9.17) is 22.1 Å². The summed E-state index contributed by atoms with van der Waals surface area (Å²) in [4.78, 5) is 12.8. The van der Waals surface area contributed by atoms with Crippen molar-refractivity contribution in [2.45, 2.75) is 69.9 Å². The Balaban J connectivity index is 0.00000205. The molecule has 0 aliphatic heterocycles. The van der Waals surface area contributed by atoms with E-state index in [-0.39, 0.29) is 30.5 Å². The second kappa shape index (κ2) is 8.28. The molecule has 1 aromatic rings. The molecule has 2 atom stereocenters. The third-order valence-electron chi connectivity index (χ3n) is 7.70. The van der Waals surface area contributed by atoms with Crippen LogP contribution in [0.15, 0.2) is 18.2 Å². The smallest absolute Gasteiger partial charge is 0.252 e. The van der Waals surface area contributed by atoms with Crippen LogP contribution in [0.1, 0.15) is 68.1 Å². The molecule has 1 aromatic carbocycles. The zero-order chi connectivity index (χ0) is 19.3. The van der Waals surface area contributed by atoms with E-state index in [9.17, 15) is 4.79 Å². The van der Waals surface area contributed by atoms with Crippen molar-refractivity contribution in [1.29, 1.82) is 0 Å². The van der Waals surface area contributed by atoms with Gasteiger partial charge in [-0.2, -0.15) is 0 Å². The van der Waals surface area contributed by atoms with Gasteiger partial charge in [0.15, 0.2) is 0 Å². The van der Waals surface area contributed by atoms with Crippen molar-refractivity contribution in [3.8, 4) is 5.75 Å². The minimum atomic E-state index is -0.0600. The van der Waals surface area contributed by atoms with Crippen LogP contribution < -0.4 is 15.8 Å². The van der Waals surface area contributed by atoms with Crippen molar-refractivity contribution in [1.82, 2.24) is 5.32 Å². The summed E-state index contributed by atoms with van der Waals surface area (Å²) in [7, 11) is 0. The van der Waals surface area contributed by atoms with E-state index in [0.717, 1.165) is 49.3 Å². The first-order valence-electron chi connectivity index (χ1n) is 11.0. The highest BCUT2D eigenvalue weighted by molar-refractivity contribution is 6.34. The fourth-order valence-corrected chi connectivity index (χ4v) is 7.15. The fraction of sp³-hybridized carbons (Fsp3) is 0.696. The molecule has 5 fully saturated rings. The van der Waals surface area contributed by atoms with Crippen LogP contribution in [0.4, 0.5) is 0 Å². The number of carbonyl (C=O) groups is 1. The largest absolute Gasteiger partial charge is 0.490 e. The molecule has 5 aliphatic rings. The molecule has 1 amide bonds. The van der Waals surface area contributed by atoms with Crippen LogP contribution in [0.25, 0.3) is 0 Å². The Morgan fingerprint density at radius 1 is 1.10 bits per heavy atom. The Morgan fingerprint density at radius 2 is 1.76 bits per heavy atom. The third kappa shape index (κ3) is 4.40. The average molecular weight is 439 g/mol. The zero-order valence-corrected chi connectivity index (χ0v) is 18.4. The summed E-state index contributed by atoms with van der Waals surface area (Å²) in [6.45, 7) is 0.796. The second-order valence-corrected chi connectivity index (χ2v) is 10.5. The summed E-state index contributed by atoms with van der Waals surface area (Å²) < 4.78 is 5.99. The van der Waals surface area contributed by atoms with Gasteiger partial charge in [0, 0.05) is 12.6 Å². The van der Waals surface area contributed by atoms with E-state index in [1.165, 1.54) is 38.5 Å². The predicted molar refractivity (Wildman–Crippen MR) is 118 cm³/mol. The zero-order valence-electron chi connectivity index (χ0n) is 16.9. The average Bonchev–Trinajstić information content (AvgIpc) is 3.03. The van der Waals surface area contributed by atoms with Crippen molar-refractivity contribution < 1.29 is 9.53 Å². The van der Waals surface area contributed by atoms with Gasteiger partial charge in [0.25, 0.3) is 5.91 Å². The van der Waals surface area contributed by atoms with Crippen LogP contribution >= 0.6 is 24.0 Å². The number of hydrogen-bond acceptors (Lipinski definition) is 3. The Morgan fingerprint density at radius 3 is 2.31 bits per heavy atom. The summed E-state index contributed by atoms with van der Waals surface area (Å²) in [5, 5.41) is 3.68. The van der Waals surface area contributed by atoms with Crippen molar-refractivity contribution in [3.63, 3.8) is 0 Å². The third-order valence-corrected chi connectivity index (χ3v) is 8.01. The van der Waals surface area contributed by atoms with Gasteiger partial charge in [0.05, 0.1) is 10.6 Å². The van der Waals surface area contributed by atoms with E-state index in [0.29, 0.717) is 16.0 Å². The lowest BCUT2D eigenvalue weighted by molar-refractivity contribution is -0.0503. The Labute approximate surface area is 184 Å². The van der Waals surface area contributed by atoms with Crippen LogP contribution in [0.3, 0.4) is 0 Å². The number of nitrogens with one attached hydrogen (secondary N) is 1. The molecular formula is C23H32Cl2N2O2. The number of halogens is 2. The summed E-state index contributed by atoms with van der Waals surface area (Å²) in [6.07, 6.45) is 11.2. The van der Waals surface area contributed by atoms with E-state index < -0.39 is 0 Å². The molecule has 5 aliphatic carbocycles. The molecular weight excluding hydrogens is 407 g/mol. The Kier molecular flexibility index (Phi) is 6.07. The molecule has 0 radical (unpaired) electrons. The highest BCUT2D eigenvalue weighted by Gasteiger charge is 2.50. The maximum Gasteiger partial charge on any atom is 0.252 e. The van der Waals surface area contributed by atoms with Gasteiger partial charge in [-0.25, -0.2) is 0 Å². The van der Waals surface area contributed by atoms with E-state index in [1.807, 2.05) is 6.07 Å². The van der Waals surface area contributed by atoms with Gasteiger partial charge in [0.2, 0.25) is 0 Å². The summed E-state index contributed by atoms with van der Waals surface area (Å²) in [5.41, 5.74) is 6.83. The Hall–Kier alpha value is -0.970. The highest BCUT2D eigenvalue weighted by Crippen LogP contribution is 2.59. The Bertz CT molecular complexity index is 734. The number of hydrogen-bond donors (Lipinski definition) is 2. The number of carbonyl (C=O) groups excluding carboxylic acids is 1. The molecule has 4 nitrogen and oxygen atoms in total. The molecule has 0 saturated heterocycles. The standard InChI is InChI=1S/C23H31ClN2O2.ClH/c24-21-9-19(28-18-2-1-17(25)8-18)3-4-20(21)22(27)26-13-23-10-14-5-15(11-23)7-16(6-14)12-23;/h3-4,9,14-18H,1-2,5-8,10-13,25H2,(H,26,27);1H/t14?,15?,16?,17-,18+,23?;/m1./s1. The first-order chi connectivity index (χ1) is 13.5. The monoisotopic (exact) mass is 438 g/mol. The summed E-state index contributed by atoms with van der Waals surface area (Å²) in [5.74, 6) is 3.35. The van der Waals surface area contributed by atoms with Gasteiger partial charge in [-0.05, 0) is 99.2 Å². The SMILES string of the molecule is Cl.N[C@@H]1CC[C@H](Oc2ccc(C(=O)NCC34CC5CC(CC(C5)C3)C4)c(Cl)c2)C1. The number of ether oxygens (including phenoxy) is 1. The van der Waals surface area contributed by atoms with Crippen molar-refractivity contribution >= 4 is 29.9 Å². The lowest BCUT2D eigenvalue weighted by atomic mass is 9.49. The fourth-order valence-electron chi connectivity index (χ4n) is 6.90. The maximum absolute atomic E-state index is 12.8. The number of benzene rings is 1. The molecule has 29 heavy (non-hydrogen) atoms. The predicted octanol–water partition coefficient (Wildman–Crippen LogP) is 4.97. The van der Waals surface area contributed by atoms with Crippen molar-refractivity contribution in [3.05, 3.63) is 28.8 Å². The molecule has 3 N–H and O–H groups in total. The van der Waals surface area contributed by atoms with Gasteiger partial charge in [-0.1, -0.05) is 11.6 Å². The van der Waals surface area contributed by atoms with Gasteiger partial charge >= 0.3 is 0 Å². The van der Waals surface area contributed by atoms with Gasteiger partial charge < -0.3 is 15.8 Å².